The Hall–Kier alpha value is -2.11. The van der Waals surface area contributed by atoms with E-state index in [4.69, 9.17) is 0 Å². The Bertz CT molecular complexity index is 795. The van der Waals surface area contributed by atoms with Crippen LogP contribution in [0.3, 0.4) is 0 Å². The average molecular weight is 320 g/mol. The molecule has 2 rings (SSSR count). The van der Waals surface area contributed by atoms with E-state index in [0.29, 0.717) is 5.57 Å². The maximum atomic E-state index is 11.9. The molecule has 0 aromatic heterocycles. The minimum Gasteiger partial charge on any atom is -0.233 e. The zero-order valence-corrected chi connectivity index (χ0v) is 16.2. The van der Waals surface area contributed by atoms with Crippen molar-refractivity contribution >= 4 is 11.5 Å². The first-order valence-corrected chi connectivity index (χ1v) is 8.51. The normalized spacial score (nSPS) is 11.3. The second-order valence-electron chi connectivity index (χ2n) is 7.99. The lowest BCUT2D eigenvalue weighted by atomic mass is 9.81. The van der Waals surface area contributed by atoms with Crippen molar-refractivity contribution < 1.29 is 4.79 Å². The van der Waals surface area contributed by atoms with E-state index in [2.05, 4.69) is 85.6 Å². The first kappa shape index (κ1) is 18.2. The van der Waals surface area contributed by atoms with Crippen LogP contribution in [0.15, 0.2) is 24.3 Å². The minimum atomic E-state index is 0.0921. The van der Waals surface area contributed by atoms with Crippen molar-refractivity contribution in [1.82, 2.24) is 0 Å². The Morgan fingerprint density at radius 1 is 0.750 bits per heavy atom. The van der Waals surface area contributed by atoms with Crippen molar-refractivity contribution in [3.8, 4) is 0 Å². The Balaban J connectivity index is 2.73. The Kier molecular flexibility index (Phi) is 4.87. The SMILES string of the molecule is Cc1cc(C)c(C(=C=O)c2c(C)cc(C(C)(C)C)cc2C)c(C)c1. The molecule has 0 N–H and O–H groups in total. The molecular weight excluding hydrogens is 292 g/mol. The summed E-state index contributed by atoms with van der Waals surface area (Å²) in [4.78, 5) is 11.9. The van der Waals surface area contributed by atoms with Gasteiger partial charge in [-0.25, -0.2) is 4.79 Å². The molecule has 0 unspecified atom stereocenters. The highest BCUT2D eigenvalue weighted by Gasteiger charge is 2.20. The van der Waals surface area contributed by atoms with Crippen molar-refractivity contribution in [2.24, 2.45) is 0 Å². The van der Waals surface area contributed by atoms with Crippen molar-refractivity contribution in [2.75, 3.05) is 0 Å². The molecule has 2 aromatic carbocycles. The van der Waals surface area contributed by atoms with Crippen LogP contribution in [0.5, 0.6) is 0 Å². The smallest absolute Gasteiger partial charge is 0.133 e. The van der Waals surface area contributed by atoms with Gasteiger partial charge in [0.25, 0.3) is 0 Å². The Morgan fingerprint density at radius 3 is 1.46 bits per heavy atom. The van der Waals surface area contributed by atoms with E-state index >= 15 is 0 Å². The van der Waals surface area contributed by atoms with E-state index in [9.17, 15) is 4.79 Å². The second-order valence-corrected chi connectivity index (χ2v) is 7.99. The van der Waals surface area contributed by atoms with Gasteiger partial charge < -0.3 is 0 Å². The van der Waals surface area contributed by atoms with Crippen LogP contribution in [-0.2, 0) is 10.2 Å². The molecule has 0 aliphatic rings. The molecule has 0 amide bonds. The highest BCUT2D eigenvalue weighted by molar-refractivity contribution is 6.00. The van der Waals surface area contributed by atoms with Crippen molar-refractivity contribution in [3.63, 3.8) is 0 Å². The van der Waals surface area contributed by atoms with Gasteiger partial charge in [0.05, 0.1) is 5.57 Å². The zero-order valence-electron chi connectivity index (χ0n) is 16.2. The average Bonchev–Trinajstić information content (AvgIpc) is 2.42. The number of rotatable bonds is 2. The second kappa shape index (κ2) is 6.42. The molecule has 0 aliphatic carbocycles. The standard InChI is InChI=1S/C23H28O/c1-14-9-15(2)21(16(3)10-14)20(13-24)22-17(4)11-19(12-18(22)5)23(6,7)8/h9-12H,1-8H3. The van der Waals surface area contributed by atoms with Gasteiger partial charge in [0, 0.05) is 0 Å². The van der Waals surface area contributed by atoms with Crippen molar-refractivity contribution in [2.45, 2.75) is 60.8 Å². The number of carbonyl (C=O) groups excluding carboxylic acids is 1. The summed E-state index contributed by atoms with van der Waals surface area (Å²) in [5.41, 5.74) is 9.86. The van der Waals surface area contributed by atoms with Gasteiger partial charge in [-0.1, -0.05) is 50.6 Å². The first-order valence-electron chi connectivity index (χ1n) is 8.51. The third kappa shape index (κ3) is 3.37. The van der Waals surface area contributed by atoms with Crippen LogP contribution >= 0.6 is 0 Å². The summed E-state index contributed by atoms with van der Waals surface area (Å²) in [7, 11) is 0. The summed E-state index contributed by atoms with van der Waals surface area (Å²) < 4.78 is 0. The molecule has 24 heavy (non-hydrogen) atoms. The Morgan fingerprint density at radius 2 is 1.12 bits per heavy atom. The molecular formula is C23H28O. The van der Waals surface area contributed by atoms with E-state index < -0.39 is 0 Å². The molecule has 0 radical (unpaired) electrons. The summed E-state index contributed by atoms with van der Waals surface area (Å²) in [5, 5.41) is 0. The summed E-state index contributed by atoms with van der Waals surface area (Å²) in [6, 6.07) is 8.68. The minimum absolute atomic E-state index is 0.0921. The van der Waals surface area contributed by atoms with E-state index in [1.165, 1.54) is 11.1 Å². The summed E-state index contributed by atoms with van der Waals surface area (Å²) in [5.74, 6) is 2.24. The summed E-state index contributed by atoms with van der Waals surface area (Å²) >= 11 is 0. The molecule has 0 saturated carbocycles. The predicted molar refractivity (Wildman–Crippen MR) is 103 cm³/mol. The van der Waals surface area contributed by atoms with Crippen LogP contribution in [0.4, 0.5) is 0 Å². The van der Waals surface area contributed by atoms with Gasteiger partial charge in [-0.2, -0.15) is 0 Å². The van der Waals surface area contributed by atoms with Gasteiger partial charge in [0.2, 0.25) is 0 Å². The van der Waals surface area contributed by atoms with E-state index in [0.717, 1.165) is 33.4 Å². The van der Waals surface area contributed by atoms with Crippen LogP contribution in [0.25, 0.3) is 5.57 Å². The highest BCUT2D eigenvalue weighted by Crippen LogP contribution is 2.34. The lowest BCUT2D eigenvalue weighted by Crippen LogP contribution is -2.13. The topological polar surface area (TPSA) is 17.1 Å². The molecule has 0 heterocycles. The van der Waals surface area contributed by atoms with Gasteiger partial charge in [-0.15, -0.1) is 0 Å². The molecule has 0 aliphatic heterocycles. The van der Waals surface area contributed by atoms with E-state index in [1.807, 2.05) is 0 Å². The molecule has 0 bridgehead atoms. The van der Waals surface area contributed by atoms with Crippen LogP contribution in [0.2, 0.25) is 0 Å². The van der Waals surface area contributed by atoms with Crippen LogP contribution in [0.1, 0.15) is 65.3 Å². The van der Waals surface area contributed by atoms with Crippen LogP contribution in [-0.4, -0.2) is 5.94 Å². The molecule has 0 atom stereocenters. The van der Waals surface area contributed by atoms with Crippen LogP contribution in [0, 0.1) is 34.6 Å². The summed E-state index contributed by atoms with van der Waals surface area (Å²) in [6.45, 7) is 17.1. The maximum Gasteiger partial charge on any atom is 0.133 e. The zero-order chi connectivity index (χ0) is 18.2. The molecule has 0 spiro atoms. The van der Waals surface area contributed by atoms with Gasteiger partial charge in [0.1, 0.15) is 5.94 Å². The van der Waals surface area contributed by atoms with Gasteiger partial charge in [-0.05, 0) is 79.0 Å². The predicted octanol–water partition coefficient (Wildman–Crippen LogP) is 5.79. The highest BCUT2D eigenvalue weighted by atomic mass is 16.1. The van der Waals surface area contributed by atoms with E-state index in [1.54, 1.807) is 0 Å². The molecule has 1 nitrogen and oxygen atoms in total. The number of hydrogen-bond donors (Lipinski definition) is 0. The third-order valence-corrected chi connectivity index (χ3v) is 4.68. The van der Waals surface area contributed by atoms with E-state index in [-0.39, 0.29) is 5.41 Å². The van der Waals surface area contributed by atoms with Crippen LogP contribution < -0.4 is 0 Å². The van der Waals surface area contributed by atoms with Gasteiger partial charge >= 0.3 is 0 Å². The number of aryl methyl sites for hydroxylation is 5. The monoisotopic (exact) mass is 320 g/mol. The van der Waals surface area contributed by atoms with Gasteiger partial charge in [0.15, 0.2) is 0 Å². The molecule has 126 valence electrons. The molecule has 2 aromatic rings. The molecule has 0 fully saturated rings. The third-order valence-electron chi connectivity index (χ3n) is 4.68. The van der Waals surface area contributed by atoms with Crippen molar-refractivity contribution in [1.29, 1.82) is 0 Å². The lowest BCUT2D eigenvalue weighted by Gasteiger charge is -2.23. The van der Waals surface area contributed by atoms with Crippen molar-refractivity contribution in [3.05, 3.63) is 68.8 Å². The number of benzene rings is 2. The van der Waals surface area contributed by atoms with Gasteiger partial charge in [-0.3, -0.25) is 0 Å². The Labute approximate surface area is 146 Å². The maximum absolute atomic E-state index is 11.9. The molecule has 0 saturated heterocycles. The largest absolute Gasteiger partial charge is 0.233 e. The summed E-state index contributed by atoms with van der Waals surface area (Å²) in [6.07, 6.45) is 0. The molecule has 1 heteroatoms. The fraction of sp³-hybridized carbons (Fsp3) is 0.391. The quantitative estimate of drug-likeness (QED) is 0.640. The number of hydrogen-bond acceptors (Lipinski definition) is 1. The fourth-order valence-electron chi connectivity index (χ4n) is 3.59. The first-order chi connectivity index (χ1) is 11.1. The fourth-order valence-corrected chi connectivity index (χ4v) is 3.59. The lowest BCUT2D eigenvalue weighted by molar-refractivity contribution is 0.569.